The zero-order valence-electron chi connectivity index (χ0n) is 9.77. The van der Waals surface area contributed by atoms with Crippen LogP contribution in [0.2, 0.25) is 0 Å². The maximum Gasteiger partial charge on any atom is 0.0948 e. The molecule has 0 N–H and O–H groups in total. The Kier molecular flexibility index (Phi) is 4.18. The van der Waals surface area contributed by atoms with E-state index in [4.69, 9.17) is 0 Å². The molecule has 0 aliphatic heterocycles. The van der Waals surface area contributed by atoms with E-state index in [9.17, 15) is 0 Å². The van der Waals surface area contributed by atoms with Crippen LogP contribution in [0.3, 0.4) is 0 Å². The van der Waals surface area contributed by atoms with E-state index in [0.717, 1.165) is 11.8 Å². The highest BCUT2D eigenvalue weighted by atomic mass is 15.1. The number of hydrogen-bond donors (Lipinski definition) is 0. The van der Waals surface area contributed by atoms with E-state index in [1.807, 2.05) is 12.5 Å². The van der Waals surface area contributed by atoms with E-state index in [1.165, 1.54) is 12.8 Å². The van der Waals surface area contributed by atoms with Crippen molar-refractivity contribution in [3.8, 4) is 0 Å². The average molecular weight is 194 g/mol. The van der Waals surface area contributed by atoms with Gasteiger partial charge in [0.25, 0.3) is 0 Å². The van der Waals surface area contributed by atoms with Gasteiger partial charge in [0.2, 0.25) is 0 Å². The second-order valence-electron chi connectivity index (χ2n) is 4.23. The first-order valence-electron chi connectivity index (χ1n) is 5.68. The van der Waals surface area contributed by atoms with Crippen LogP contribution in [0, 0.1) is 11.8 Å². The molecule has 0 amide bonds. The smallest absolute Gasteiger partial charge is 0.0948 e. The summed E-state index contributed by atoms with van der Waals surface area (Å²) in [6, 6.07) is 0.604. The minimum absolute atomic E-state index is 0.604. The highest BCUT2D eigenvalue weighted by Gasteiger charge is 2.21. The van der Waals surface area contributed by atoms with Crippen molar-refractivity contribution in [3.05, 3.63) is 18.7 Å². The van der Waals surface area contributed by atoms with Crippen molar-refractivity contribution in [2.24, 2.45) is 11.8 Å². The second-order valence-corrected chi connectivity index (χ2v) is 4.23. The van der Waals surface area contributed by atoms with Gasteiger partial charge < -0.3 is 4.57 Å². The Morgan fingerprint density at radius 2 is 1.93 bits per heavy atom. The molecule has 0 aromatic carbocycles. The first-order chi connectivity index (χ1) is 6.70. The molecule has 0 bridgehead atoms. The second kappa shape index (κ2) is 5.18. The van der Waals surface area contributed by atoms with Crippen LogP contribution >= 0.6 is 0 Å². The largest absolute Gasteiger partial charge is 0.334 e. The van der Waals surface area contributed by atoms with Gasteiger partial charge in [0, 0.05) is 18.4 Å². The van der Waals surface area contributed by atoms with Gasteiger partial charge in [0.15, 0.2) is 0 Å². The number of aromatic nitrogens is 2. The van der Waals surface area contributed by atoms with Gasteiger partial charge in [-0.05, 0) is 18.3 Å². The molecule has 0 spiro atoms. The zero-order chi connectivity index (χ0) is 10.6. The molecule has 14 heavy (non-hydrogen) atoms. The summed E-state index contributed by atoms with van der Waals surface area (Å²) in [4.78, 5) is 4.12. The molecular formula is C12H22N2. The molecule has 2 heteroatoms. The summed E-state index contributed by atoms with van der Waals surface area (Å²) < 4.78 is 2.25. The standard InChI is InChI=1S/C12H22N2/c1-5-10(3)11(4)12(6-2)14-8-7-13-9-14/h7-12H,5-6H2,1-4H3. The molecule has 2 nitrogen and oxygen atoms in total. The van der Waals surface area contributed by atoms with Gasteiger partial charge in [-0.25, -0.2) is 4.98 Å². The number of nitrogens with zero attached hydrogens (tertiary/aromatic N) is 2. The monoisotopic (exact) mass is 194 g/mol. The Morgan fingerprint density at radius 3 is 2.36 bits per heavy atom. The van der Waals surface area contributed by atoms with Crippen LogP contribution in [0.5, 0.6) is 0 Å². The molecule has 0 saturated carbocycles. The Bertz CT molecular complexity index is 241. The van der Waals surface area contributed by atoms with Crippen LogP contribution in [-0.4, -0.2) is 9.55 Å². The molecular weight excluding hydrogens is 172 g/mol. The molecule has 0 aliphatic rings. The average Bonchev–Trinajstić information content (AvgIpc) is 2.71. The summed E-state index contributed by atoms with van der Waals surface area (Å²) in [5, 5.41) is 0. The summed E-state index contributed by atoms with van der Waals surface area (Å²) >= 11 is 0. The predicted molar refractivity (Wildman–Crippen MR) is 60.2 cm³/mol. The summed E-state index contributed by atoms with van der Waals surface area (Å²) in [5.41, 5.74) is 0. The minimum Gasteiger partial charge on any atom is -0.334 e. The van der Waals surface area contributed by atoms with Gasteiger partial charge >= 0.3 is 0 Å². The fourth-order valence-electron chi connectivity index (χ4n) is 2.07. The van der Waals surface area contributed by atoms with Crippen LogP contribution in [-0.2, 0) is 0 Å². The van der Waals surface area contributed by atoms with E-state index < -0.39 is 0 Å². The Labute approximate surface area is 87.4 Å². The Morgan fingerprint density at radius 1 is 1.21 bits per heavy atom. The maximum absolute atomic E-state index is 4.12. The number of hydrogen-bond acceptors (Lipinski definition) is 1. The van der Waals surface area contributed by atoms with E-state index in [0.29, 0.717) is 6.04 Å². The molecule has 0 saturated heterocycles. The highest BCUT2D eigenvalue weighted by Crippen LogP contribution is 2.29. The fraction of sp³-hybridized carbons (Fsp3) is 0.750. The minimum atomic E-state index is 0.604. The van der Waals surface area contributed by atoms with E-state index >= 15 is 0 Å². The summed E-state index contributed by atoms with van der Waals surface area (Å²) in [5.74, 6) is 1.50. The topological polar surface area (TPSA) is 17.8 Å². The molecule has 0 fully saturated rings. The highest BCUT2D eigenvalue weighted by molar-refractivity contribution is 4.83. The van der Waals surface area contributed by atoms with Gasteiger partial charge in [-0.3, -0.25) is 0 Å². The third-order valence-corrected chi connectivity index (χ3v) is 3.47. The molecule has 3 unspecified atom stereocenters. The SMILES string of the molecule is CCC(C)C(C)C(CC)n1ccnc1. The van der Waals surface area contributed by atoms with Gasteiger partial charge in [-0.1, -0.05) is 34.1 Å². The van der Waals surface area contributed by atoms with Gasteiger partial charge in [0.05, 0.1) is 6.33 Å². The van der Waals surface area contributed by atoms with Gasteiger partial charge in [0.1, 0.15) is 0 Å². The molecule has 1 rings (SSSR count). The molecule has 0 radical (unpaired) electrons. The van der Waals surface area contributed by atoms with Crippen molar-refractivity contribution < 1.29 is 0 Å². The van der Waals surface area contributed by atoms with E-state index in [-0.39, 0.29) is 0 Å². The first-order valence-corrected chi connectivity index (χ1v) is 5.68. The van der Waals surface area contributed by atoms with Crippen molar-refractivity contribution in [2.75, 3.05) is 0 Å². The Hall–Kier alpha value is -0.790. The maximum atomic E-state index is 4.12. The van der Waals surface area contributed by atoms with Crippen molar-refractivity contribution in [2.45, 2.75) is 46.6 Å². The van der Waals surface area contributed by atoms with Crippen molar-refractivity contribution >= 4 is 0 Å². The molecule has 3 atom stereocenters. The lowest BCUT2D eigenvalue weighted by molar-refractivity contribution is 0.250. The lowest BCUT2D eigenvalue weighted by Crippen LogP contribution is -2.21. The van der Waals surface area contributed by atoms with Crippen LogP contribution in [0.25, 0.3) is 0 Å². The Balaban J connectivity index is 2.72. The van der Waals surface area contributed by atoms with E-state index in [2.05, 4.69) is 43.4 Å². The van der Waals surface area contributed by atoms with E-state index in [1.54, 1.807) is 0 Å². The molecule has 80 valence electrons. The normalized spacial score (nSPS) is 17.7. The predicted octanol–water partition coefficient (Wildman–Crippen LogP) is 3.52. The lowest BCUT2D eigenvalue weighted by atomic mass is 9.86. The summed E-state index contributed by atoms with van der Waals surface area (Å²) in [7, 11) is 0. The van der Waals surface area contributed by atoms with Crippen molar-refractivity contribution in [3.63, 3.8) is 0 Å². The zero-order valence-corrected chi connectivity index (χ0v) is 9.77. The van der Waals surface area contributed by atoms with Gasteiger partial charge in [-0.2, -0.15) is 0 Å². The first kappa shape index (κ1) is 11.3. The number of imidazole rings is 1. The van der Waals surface area contributed by atoms with Crippen LogP contribution < -0.4 is 0 Å². The van der Waals surface area contributed by atoms with Crippen molar-refractivity contribution in [1.29, 1.82) is 0 Å². The lowest BCUT2D eigenvalue weighted by Gasteiger charge is -2.28. The summed E-state index contributed by atoms with van der Waals surface area (Å²) in [6.07, 6.45) is 8.32. The molecule has 1 aromatic rings. The third kappa shape index (κ3) is 2.37. The fourth-order valence-corrected chi connectivity index (χ4v) is 2.07. The summed E-state index contributed by atoms with van der Waals surface area (Å²) in [6.45, 7) is 9.21. The van der Waals surface area contributed by atoms with Crippen LogP contribution in [0.15, 0.2) is 18.7 Å². The number of rotatable bonds is 5. The van der Waals surface area contributed by atoms with Crippen molar-refractivity contribution in [1.82, 2.24) is 9.55 Å². The quantitative estimate of drug-likeness (QED) is 0.701. The molecule has 1 aromatic heterocycles. The van der Waals surface area contributed by atoms with Crippen LogP contribution in [0.4, 0.5) is 0 Å². The van der Waals surface area contributed by atoms with Gasteiger partial charge in [-0.15, -0.1) is 0 Å². The molecule has 1 heterocycles. The van der Waals surface area contributed by atoms with Crippen LogP contribution in [0.1, 0.15) is 46.6 Å². The third-order valence-electron chi connectivity index (χ3n) is 3.47. The molecule has 0 aliphatic carbocycles.